The molecular weight excluding hydrogens is 839 g/mol. The van der Waals surface area contributed by atoms with Crippen molar-refractivity contribution >= 4 is 11.9 Å². The minimum absolute atomic E-state index is 0.00242. The second-order valence-electron chi connectivity index (χ2n) is 21.0. The van der Waals surface area contributed by atoms with Crippen molar-refractivity contribution in [2.45, 2.75) is 347 Å². The summed E-state index contributed by atoms with van der Waals surface area (Å²) in [5.41, 5.74) is 0. The zero-order valence-electron chi connectivity index (χ0n) is 45.9. The van der Waals surface area contributed by atoms with E-state index in [1.54, 1.807) is 0 Å². The van der Waals surface area contributed by atoms with Gasteiger partial charge in [0.2, 0.25) is 5.91 Å². The van der Waals surface area contributed by atoms with Crippen LogP contribution in [-0.4, -0.2) is 47.4 Å². The van der Waals surface area contributed by atoms with Crippen LogP contribution in [0.5, 0.6) is 0 Å². The maximum Gasteiger partial charge on any atom is 0.305 e. The van der Waals surface area contributed by atoms with Crippen LogP contribution in [0, 0.1) is 0 Å². The lowest BCUT2D eigenvalue weighted by molar-refractivity contribution is -0.143. The molecule has 0 aliphatic heterocycles. The molecule has 0 spiro atoms. The second kappa shape index (κ2) is 57.9. The number of nitrogens with one attached hydrogen (secondary N) is 1. The molecule has 0 heterocycles. The maximum atomic E-state index is 12.5. The number of amides is 1. The molecule has 6 heteroatoms. The van der Waals surface area contributed by atoms with Crippen LogP contribution in [0.4, 0.5) is 0 Å². The first-order chi connectivity index (χ1) is 33.5. The largest absolute Gasteiger partial charge is 0.466 e. The van der Waals surface area contributed by atoms with Crippen molar-refractivity contribution in [3.05, 3.63) is 24.3 Å². The van der Waals surface area contributed by atoms with Crippen molar-refractivity contribution in [2.24, 2.45) is 0 Å². The number of aliphatic hydroxyl groups is 2. The lowest BCUT2D eigenvalue weighted by atomic mass is 10.0. The number of ether oxygens (including phenoxy) is 1. The average Bonchev–Trinajstić information content (AvgIpc) is 3.34. The first kappa shape index (κ1) is 66.3. The predicted octanol–water partition coefficient (Wildman–Crippen LogP) is 19.0. The second-order valence-corrected chi connectivity index (χ2v) is 21.0. The van der Waals surface area contributed by atoms with Crippen molar-refractivity contribution < 1.29 is 24.5 Å². The van der Waals surface area contributed by atoms with E-state index in [0.717, 1.165) is 51.4 Å². The summed E-state index contributed by atoms with van der Waals surface area (Å²) in [6, 6.07) is -0.543. The summed E-state index contributed by atoms with van der Waals surface area (Å²) in [4.78, 5) is 24.5. The summed E-state index contributed by atoms with van der Waals surface area (Å²) in [7, 11) is 0. The smallest absolute Gasteiger partial charge is 0.305 e. The summed E-state index contributed by atoms with van der Waals surface area (Å²) in [5, 5.41) is 23.3. The molecule has 1 amide bonds. The van der Waals surface area contributed by atoms with Crippen LogP contribution in [0.1, 0.15) is 335 Å². The lowest BCUT2D eigenvalue weighted by Crippen LogP contribution is -2.45. The molecule has 0 bridgehead atoms. The van der Waals surface area contributed by atoms with Crippen LogP contribution in [0.3, 0.4) is 0 Å². The number of aliphatic hydroxyl groups excluding tert-OH is 2. The van der Waals surface area contributed by atoms with Gasteiger partial charge >= 0.3 is 5.97 Å². The standard InChI is InChI=1S/C62H119NO5/c1-3-5-7-9-11-13-15-17-19-28-32-36-40-44-48-52-56-62(67)68-57-53-49-45-41-37-33-29-25-23-21-20-22-24-27-31-35-39-43-47-51-55-61(66)63-59(58-64)60(65)54-50-46-42-38-34-30-26-18-16-14-12-10-8-6-4-2/h13,15,19,28,59-60,64-65H,3-12,14,16-18,20-27,29-58H2,1-2H3,(H,63,66)/b15-13-,28-19-. The number of hydrogen-bond donors (Lipinski definition) is 3. The fraction of sp³-hybridized carbons (Fsp3) is 0.903. The van der Waals surface area contributed by atoms with Crippen molar-refractivity contribution in [3.8, 4) is 0 Å². The summed E-state index contributed by atoms with van der Waals surface area (Å²) in [6.07, 6.45) is 70.3. The highest BCUT2D eigenvalue weighted by Gasteiger charge is 2.20. The van der Waals surface area contributed by atoms with Gasteiger partial charge in [-0.1, -0.05) is 289 Å². The van der Waals surface area contributed by atoms with Crippen molar-refractivity contribution in [2.75, 3.05) is 13.2 Å². The Kier molecular flexibility index (Phi) is 56.5. The van der Waals surface area contributed by atoms with E-state index in [-0.39, 0.29) is 18.5 Å². The van der Waals surface area contributed by atoms with E-state index in [1.165, 1.54) is 250 Å². The van der Waals surface area contributed by atoms with Crippen LogP contribution in [0.15, 0.2) is 24.3 Å². The molecule has 0 aromatic heterocycles. The van der Waals surface area contributed by atoms with Gasteiger partial charge < -0.3 is 20.3 Å². The van der Waals surface area contributed by atoms with E-state index in [0.29, 0.717) is 25.9 Å². The number of carbonyl (C=O) groups excluding carboxylic acids is 2. The van der Waals surface area contributed by atoms with Gasteiger partial charge in [-0.25, -0.2) is 0 Å². The molecule has 68 heavy (non-hydrogen) atoms. The van der Waals surface area contributed by atoms with Crippen LogP contribution in [0.25, 0.3) is 0 Å². The van der Waals surface area contributed by atoms with Crippen molar-refractivity contribution in [1.29, 1.82) is 0 Å². The number of allylic oxidation sites excluding steroid dienone is 4. The molecule has 0 aromatic carbocycles. The topological polar surface area (TPSA) is 95.9 Å². The highest BCUT2D eigenvalue weighted by atomic mass is 16.5. The zero-order chi connectivity index (χ0) is 49.3. The Morgan fingerprint density at radius 2 is 0.735 bits per heavy atom. The fourth-order valence-electron chi connectivity index (χ4n) is 9.55. The monoisotopic (exact) mass is 958 g/mol. The summed E-state index contributed by atoms with van der Waals surface area (Å²) in [5.74, 6) is -0.0377. The van der Waals surface area contributed by atoms with E-state index in [4.69, 9.17) is 4.74 Å². The van der Waals surface area contributed by atoms with Gasteiger partial charge in [0, 0.05) is 12.8 Å². The van der Waals surface area contributed by atoms with Crippen molar-refractivity contribution in [3.63, 3.8) is 0 Å². The van der Waals surface area contributed by atoms with Crippen LogP contribution >= 0.6 is 0 Å². The highest BCUT2D eigenvalue weighted by Crippen LogP contribution is 2.18. The Balaban J connectivity index is 3.39. The van der Waals surface area contributed by atoms with E-state index >= 15 is 0 Å². The Morgan fingerprint density at radius 1 is 0.412 bits per heavy atom. The highest BCUT2D eigenvalue weighted by molar-refractivity contribution is 5.76. The maximum absolute atomic E-state index is 12.5. The first-order valence-corrected chi connectivity index (χ1v) is 30.6. The van der Waals surface area contributed by atoms with Crippen LogP contribution in [0.2, 0.25) is 0 Å². The summed E-state index contributed by atoms with van der Waals surface area (Å²) >= 11 is 0. The van der Waals surface area contributed by atoms with E-state index in [9.17, 15) is 19.8 Å². The van der Waals surface area contributed by atoms with E-state index < -0.39 is 12.1 Å². The molecule has 0 rings (SSSR count). The normalized spacial score (nSPS) is 12.7. The Labute approximate surface area is 424 Å². The molecule has 402 valence electrons. The molecule has 0 aliphatic carbocycles. The molecule has 6 nitrogen and oxygen atoms in total. The molecule has 0 saturated heterocycles. The third kappa shape index (κ3) is 53.7. The van der Waals surface area contributed by atoms with Gasteiger partial charge in [-0.05, 0) is 57.8 Å². The number of esters is 1. The van der Waals surface area contributed by atoms with Crippen molar-refractivity contribution in [1.82, 2.24) is 5.32 Å². The molecule has 2 unspecified atom stereocenters. The lowest BCUT2D eigenvalue weighted by Gasteiger charge is -2.22. The summed E-state index contributed by atoms with van der Waals surface area (Å²) < 4.78 is 5.48. The third-order valence-corrected chi connectivity index (χ3v) is 14.3. The van der Waals surface area contributed by atoms with Gasteiger partial charge in [-0.15, -0.1) is 0 Å². The van der Waals surface area contributed by atoms with Gasteiger partial charge in [0.25, 0.3) is 0 Å². The first-order valence-electron chi connectivity index (χ1n) is 30.6. The quantitative estimate of drug-likeness (QED) is 0.0321. The molecule has 0 aliphatic rings. The van der Waals surface area contributed by atoms with Crippen LogP contribution in [-0.2, 0) is 14.3 Å². The van der Waals surface area contributed by atoms with E-state index in [1.807, 2.05) is 0 Å². The summed E-state index contributed by atoms with van der Waals surface area (Å²) in [6.45, 7) is 4.94. The zero-order valence-corrected chi connectivity index (χ0v) is 45.9. The molecule has 3 N–H and O–H groups in total. The Morgan fingerprint density at radius 3 is 1.13 bits per heavy atom. The molecule has 0 fully saturated rings. The van der Waals surface area contributed by atoms with Gasteiger partial charge in [-0.2, -0.15) is 0 Å². The Hall–Kier alpha value is -1.66. The molecule has 2 atom stereocenters. The molecule has 0 saturated carbocycles. The Bertz CT molecular complexity index is 1060. The van der Waals surface area contributed by atoms with E-state index in [2.05, 4.69) is 43.5 Å². The number of rotatable bonds is 57. The number of hydrogen-bond acceptors (Lipinski definition) is 5. The fourth-order valence-corrected chi connectivity index (χ4v) is 9.55. The van der Waals surface area contributed by atoms with Gasteiger partial charge in [0.1, 0.15) is 0 Å². The minimum Gasteiger partial charge on any atom is -0.466 e. The predicted molar refractivity (Wildman–Crippen MR) is 296 cm³/mol. The van der Waals surface area contributed by atoms with Gasteiger partial charge in [0.05, 0.1) is 25.4 Å². The SMILES string of the molecule is CCCCCC/C=C\C/C=C\CCCCCCCC(=O)OCCCCCCCCCCCCCCCCCCCCCCC(=O)NC(CO)C(O)CCCCCCCCCCCCCCCCC. The third-order valence-electron chi connectivity index (χ3n) is 14.3. The van der Waals surface area contributed by atoms with Gasteiger partial charge in [-0.3, -0.25) is 9.59 Å². The average molecular weight is 959 g/mol. The molecule has 0 aromatic rings. The molecule has 0 radical (unpaired) electrons. The van der Waals surface area contributed by atoms with Gasteiger partial charge in [0.15, 0.2) is 0 Å². The number of carbonyl (C=O) groups is 2. The molecular formula is C62H119NO5. The number of unbranched alkanes of at least 4 members (excludes halogenated alkanes) is 42. The minimum atomic E-state index is -0.665. The van der Waals surface area contributed by atoms with Crippen LogP contribution < -0.4 is 5.32 Å².